The van der Waals surface area contributed by atoms with Crippen LogP contribution in [0, 0.1) is 11.6 Å². The monoisotopic (exact) mass is 296 g/mol. The number of fused-ring (bicyclic) bond motifs is 1. The summed E-state index contributed by atoms with van der Waals surface area (Å²) in [6.07, 6.45) is 1.52. The van der Waals surface area contributed by atoms with E-state index in [1.165, 1.54) is 21.9 Å². The smallest absolute Gasteiger partial charge is 0.358 e. The zero-order valence-electron chi connectivity index (χ0n) is 9.71. The SMILES string of the molecule is O=C(O)c1c(Oc2cc(F)cc(F)c2)nc2sccn12. The van der Waals surface area contributed by atoms with Gasteiger partial charge in [-0.3, -0.25) is 4.40 Å². The molecule has 5 nitrogen and oxygen atoms in total. The van der Waals surface area contributed by atoms with E-state index < -0.39 is 17.6 Å². The summed E-state index contributed by atoms with van der Waals surface area (Å²) in [5, 5.41) is 10.8. The third-order valence-electron chi connectivity index (χ3n) is 2.48. The lowest BCUT2D eigenvalue weighted by Gasteiger charge is -2.04. The predicted octanol–water partition coefficient (Wildman–Crippen LogP) is 3.16. The van der Waals surface area contributed by atoms with Crippen LogP contribution in [0.15, 0.2) is 29.8 Å². The van der Waals surface area contributed by atoms with Crippen LogP contribution in [0.5, 0.6) is 11.6 Å². The largest absolute Gasteiger partial charge is 0.476 e. The van der Waals surface area contributed by atoms with Crippen LogP contribution in [-0.4, -0.2) is 20.5 Å². The topological polar surface area (TPSA) is 63.8 Å². The highest BCUT2D eigenvalue weighted by Gasteiger charge is 2.21. The van der Waals surface area contributed by atoms with Gasteiger partial charge in [-0.1, -0.05) is 0 Å². The number of ether oxygens (including phenoxy) is 1. The van der Waals surface area contributed by atoms with Crippen LogP contribution in [0.4, 0.5) is 8.78 Å². The van der Waals surface area contributed by atoms with Gasteiger partial charge in [0.1, 0.15) is 17.4 Å². The molecule has 0 fully saturated rings. The van der Waals surface area contributed by atoms with Crippen LogP contribution in [-0.2, 0) is 0 Å². The van der Waals surface area contributed by atoms with E-state index in [4.69, 9.17) is 4.74 Å². The number of hydrogen-bond acceptors (Lipinski definition) is 4. The van der Waals surface area contributed by atoms with Gasteiger partial charge in [0.15, 0.2) is 10.7 Å². The molecule has 0 unspecified atom stereocenters. The number of rotatable bonds is 3. The van der Waals surface area contributed by atoms with E-state index >= 15 is 0 Å². The predicted molar refractivity (Wildman–Crippen MR) is 66.5 cm³/mol. The fourth-order valence-corrected chi connectivity index (χ4v) is 2.44. The van der Waals surface area contributed by atoms with Gasteiger partial charge in [0.2, 0.25) is 0 Å². The third-order valence-corrected chi connectivity index (χ3v) is 3.24. The van der Waals surface area contributed by atoms with Crippen LogP contribution in [0.3, 0.4) is 0 Å². The molecule has 3 aromatic rings. The molecule has 0 aliphatic heterocycles. The maximum atomic E-state index is 13.1. The summed E-state index contributed by atoms with van der Waals surface area (Å²) in [4.78, 5) is 15.6. The Labute approximate surface area is 114 Å². The Morgan fingerprint density at radius 1 is 1.30 bits per heavy atom. The first-order valence-corrected chi connectivity index (χ1v) is 6.25. The zero-order chi connectivity index (χ0) is 14.3. The Bertz CT molecular complexity index is 792. The molecule has 0 saturated carbocycles. The molecule has 1 N–H and O–H groups in total. The van der Waals surface area contributed by atoms with E-state index in [2.05, 4.69) is 4.98 Å². The lowest BCUT2D eigenvalue weighted by Crippen LogP contribution is -2.02. The molecule has 0 aliphatic rings. The van der Waals surface area contributed by atoms with Gasteiger partial charge in [-0.15, -0.1) is 11.3 Å². The van der Waals surface area contributed by atoms with E-state index in [0.29, 0.717) is 11.0 Å². The fourth-order valence-electron chi connectivity index (χ4n) is 1.73. The molecule has 2 aromatic heterocycles. The Hall–Kier alpha value is -2.48. The number of imidazole rings is 1. The Morgan fingerprint density at radius 2 is 2.00 bits per heavy atom. The second kappa shape index (κ2) is 4.57. The van der Waals surface area contributed by atoms with E-state index in [-0.39, 0.29) is 17.3 Å². The minimum absolute atomic E-state index is 0.157. The quantitative estimate of drug-likeness (QED) is 0.806. The van der Waals surface area contributed by atoms with Crippen molar-refractivity contribution in [2.75, 3.05) is 0 Å². The van der Waals surface area contributed by atoms with E-state index in [1.807, 2.05) is 0 Å². The van der Waals surface area contributed by atoms with E-state index in [1.54, 1.807) is 5.38 Å². The number of benzene rings is 1. The summed E-state index contributed by atoms with van der Waals surface area (Å²) in [6, 6.07) is 2.58. The van der Waals surface area contributed by atoms with Crippen molar-refractivity contribution in [1.29, 1.82) is 0 Å². The summed E-state index contributed by atoms with van der Waals surface area (Å²) >= 11 is 1.22. The molecule has 0 saturated heterocycles. The van der Waals surface area contributed by atoms with Crippen molar-refractivity contribution < 1.29 is 23.4 Å². The average Bonchev–Trinajstić information content (AvgIpc) is 2.86. The highest BCUT2D eigenvalue weighted by Crippen LogP contribution is 2.28. The number of aromatic carboxylic acids is 1. The normalized spacial score (nSPS) is 10.9. The van der Waals surface area contributed by atoms with Gasteiger partial charge in [-0.2, -0.15) is 4.98 Å². The highest BCUT2D eigenvalue weighted by molar-refractivity contribution is 7.15. The molecule has 8 heteroatoms. The van der Waals surface area contributed by atoms with Gasteiger partial charge in [0, 0.05) is 29.8 Å². The number of hydrogen-bond donors (Lipinski definition) is 1. The first kappa shape index (κ1) is 12.5. The number of nitrogens with zero attached hydrogens (tertiary/aromatic N) is 2. The number of carbonyl (C=O) groups is 1. The van der Waals surface area contributed by atoms with Crippen molar-refractivity contribution in [3.8, 4) is 11.6 Å². The molecule has 2 heterocycles. The molecule has 0 bridgehead atoms. The van der Waals surface area contributed by atoms with E-state index in [0.717, 1.165) is 12.1 Å². The first-order valence-electron chi connectivity index (χ1n) is 5.37. The van der Waals surface area contributed by atoms with Crippen molar-refractivity contribution in [2.24, 2.45) is 0 Å². The molecule has 102 valence electrons. The minimum atomic E-state index is -1.25. The molecule has 0 aliphatic carbocycles. The zero-order valence-corrected chi connectivity index (χ0v) is 10.5. The molecular formula is C12H6F2N2O3S. The molecule has 20 heavy (non-hydrogen) atoms. The molecule has 0 atom stereocenters. The van der Waals surface area contributed by atoms with Crippen LogP contribution >= 0.6 is 11.3 Å². The minimum Gasteiger partial charge on any atom is -0.476 e. The first-order chi connectivity index (χ1) is 9.54. The number of carboxylic acids is 1. The summed E-state index contributed by atoms with van der Waals surface area (Å²) in [7, 11) is 0. The van der Waals surface area contributed by atoms with Gasteiger partial charge < -0.3 is 9.84 Å². The van der Waals surface area contributed by atoms with Crippen molar-refractivity contribution in [1.82, 2.24) is 9.38 Å². The van der Waals surface area contributed by atoms with Gasteiger partial charge in [0.25, 0.3) is 5.88 Å². The van der Waals surface area contributed by atoms with Crippen LogP contribution in [0.25, 0.3) is 4.96 Å². The molecule has 3 rings (SSSR count). The Balaban J connectivity index is 2.07. The average molecular weight is 296 g/mol. The Morgan fingerprint density at radius 3 is 2.65 bits per heavy atom. The van der Waals surface area contributed by atoms with Crippen molar-refractivity contribution in [3.05, 3.63) is 47.1 Å². The standard InChI is InChI=1S/C12H6F2N2O3S/c13-6-3-7(14)5-8(4-6)19-10-9(11(17)18)16-1-2-20-12(16)15-10/h1-5H,(H,17,18). The summed E-state index contributed by atoms with van der Waals surface area (Å²) in [6.45, 7) is 0. The number of aromatic nitrogens is 2. The summed E-state index contributed by atoms with van der Waals surface area (Å²) in [5.74, 6) is -3.26. The molecule has 1 aromatic carbocycles. The second-order valence-corrected chi connectivity index (χ2v) is 4.71. The highest BCUT2D eigenvalue weighted by atomic mass is 32.1. The van der Waals surface area contributed by atoms with Crippen LogP contribution < -0.4 is 4.74 Å². The molecule has 0 amide bonds. The fraction of sp³-hybridized carbons (Fsp3) is 0. The Kier molecular flexibility index (Phi) is 2.87. The van der Waals surface area contributed by atoms with Gasteiger partial charge in [0.05, 0.1) is 0 Å². The van der Waals surface area contributed by atoms with Gasteiger partial charge >= 0.3 is 5.97 Å². The van der Waals surface area contributed by atoms with Crippen LogP contribution in [0.1, 0.15) is 10.5 Å². The number of thiazole rings is 1. The maximum Gasteiger partial charge on any atom is 0.358 e. The van der Waals surface area contributed by atoms with Crippen molar-refractivity contribution in [3.63, 3.8) is 0 Å². The van der Waals surface area contributed by atoms with Crippen molar-refractivity contribution >= 4 is 22.3 Å². The second-order valence-electron chi connectivity index (χ2n) is 3.83. The third kappa shape index (κ3) is 2.10. The molecule has 0 radical (unpaired) electrons. The number of carboxylic acid groups (broad SMARTS) is 1. The lowest BCUT2D eigenvalue weighted by molar-refractivity contribution is 0.0686. The summed E-state index contributed by atoms with van der Waals surface area (Å²) < 4.78 is 32.7. The van der Waals surface area contributed by atoms with Gasteiger partial charge in [-0.25, -0.2) is 13.6 Å². The van der Waals surface area contributed by atoms with Crippen molar-refractivity contribution in [2.45, 2.75) is 0 Å². The number of halogens is 2. The molecular weight excluding hydrogens is 290 g/mol. The molecule has 0 spiro atoms. The van der Waals surface area contributed by atoms with E-state index in [9.17, 15) is 18.7 Å². The maximum absolute atomic E-state index is 13.1. The lowest BCUT2D eigenvalue weighted by atomic mass is 10.3. The van der Waals surface area contributed by atoms with Gasteiger partial charge in [-0.05, 0) is 0 Å². The van der Waals surface area contributed by atoms with Crippen LogP contribution in [0.2, 0.25) is 0 Å². The summed E-state index contributed by atoms with van der Waals surface area (Å²) in [5.41, 5.74) is -0.203.